The van der Waals surface area contributed by atoms with Gasteiger partial charge in [0.2, 0.25) is 5.75 Å². The van der Waals surface area contributed by atoms with Gasteiger partial charge in [-0.25, -0.2) is 4.90 Å². The van der Waals surface area contributed by atoms with Crippen LogP contribution in [0, 0.1) is 0 Å². The molecule has 2 amide bonds. The number of fused-ring (bicyclic) bond motifs is 1. The first-order valence-electron chi connectivity index (χ1n) is 7.55. The molecule has 0 radical (unpaired) electrons. The lowest BCUT2D eigenvalue weighted by molar-refractivity contribution is 0.0722. The fourth-order valence-corrected chi connectivity index (χ4v) is 2.70. The van der Waals surface area contributed by atoms with Gasteiger partial charge in [-0.1, -0.05) is 12.1 Å². The minimum Gasteiger partial charge on any atom is -0.493 e. The van der Waals surface area contributed by atoms with Crippen LogP contribution >= 0.6 is 0 Å². The lowest BCUT2D eigenvalue weighted by Gasteiger charge is -2.13. The number of methoxy groups -OCH3 is 3. The second-order valence-electron chi connectivity index (χ2n) is 5.30. The molecule has 25 heavy (non-hydrogen) atoms. The summed E-state index contributed by atoms with van der Waals surface area (Å²) in [6.45, 7) is 0. The van der Waals surface area contributed by atoms with Crippen molar-refractivity contribution >= 4 is 17.9 Å². The van der Waals surface area contributed by atoms with Gasteiger partial charge in [0.15, 0.2) is 11.5 Å². The van der Waals surface area contributed by atoms with E-state index < -0.39 is 0 Å². The molecule has 0 spiro atoms. The quantitative estimate of drug-likeness (QED) is 0.784. The minimum absolute atomic E-state index is 0.343. The molecule has 2 aromatic carbocycles. The molecule has 2 aromatic rings. The third kappa shape index (κ3) is 2.82. The van der Waals surface area contributed by atoms with Crippen molar-refractivity contribution in [1.29, 1.82) is 0 Å². The van der Waals surface area contributed by atoms with Crippen molar-refractivity contribution in [3.63, 3.8) is 0 Å². The van der Waals surface area contributed by atoms with E-state index in [-0.39, 0.29) is 11.8 Å². The van der Waals surface area contributed by atoms with Crippen molar-refractivity contribution in [1.82, 2.24) is 4.90 Å². The fraction of sp³-hybridized carbons (Fsp3) is 0.158. The number of hydrogen-bond donors (Lipinski definition) is 0. The molecule has 6 nitrogen and oxygen atoms in total. The highest BCUT2D eigenvalue weighted by molar-refractivity contribution is 6.22. The lowest BCUT2D eigenvalue weighted by Crippen LogP contribution is -2.23. The lowest BCUT2D eigenvalue weighted by atomic mass is 10.1. The highest BCUT2D eigenvalue weighted by Crippen LogP contribution is 2.38. The third-order valence-corrected chi connectivity index (χ3v) is 3.93. The van der Waals surface area contributed by atoms with Crippen molar-refractivity contribution in [2.24, 2.45) is 0 Å². The fourth-order valence-electron chi connectivity index (χ4n) is 2.70. The number of rotatable bonds is 5. The van der Waals surface area contributed by atoms with Crippen molar-refractivity contribution < 1.29 is 23.8 Å². The summed E-state index contributed by atoms with van der Waals surface area (Å²) in [5.41, 5.74) is 1.51. The second-order valence-corrected chi connectivity index (χ2v) is 5.30. The van der Waals surface area contributed by atoms with Crippen LogP contribution in [0.2, 0.25) is 0 Å². The molecule has 1 aliphatic heterocycles. The Balaban J connectivity index is 1.93. The van der Waals surface area contributed by atoms with E-state index >= 15 is 0 Å². The molecule has 0 N–H and O–H groups in total. The number of hydrogen-bond acceptors (Lipinski definition) is 5. The molecule has 0 saturated heterocycles. The highest BCUT2D eigenvalue weighted by Gasteiger charge is 2.33. The summed E-state index contributed by atoms with van der Waals surface area (Å²) in [6, 6.07) is 10.2. The van der Waals surface area contributed by atoms with Gasteiger partial charge in [0.05, 0.1) is 32.5 Å². The maximum Gasteiger partial charge on any atom is 0.265 e. The molecule has 3 rings (SSSR count). The Morgan fingerprint density at radius 2 is 1.36 bits per heavy atom. The first-order valence-corrected chi connectivity index (χ1v) is 7.55. The smallest absolute Gasteiger partial charge is 0.265 e. The van der Waals surface area contributed by atoms with Crippen LogP contribution in [-0.4, -0.2) is 38.0 Å². The maximum absolute atomic E-state index is 12.4. The zero-order chi connectivity index (χ0) is 18.0. The number of nitrogens with zero attached hydrogens (tertiary/aromatic N) is 1. The molecule has 6 heteroatoms. The van der Waals surface area contributed by atoms with Crippen molar-refractivity contribution in [3.05, 3.63) is 59.3 Å². The van der Waals surface area contributed by atoms with Crippen molar-refractivity contribution in [2.75, 3.05) is 21.3 Å². The van der Waals surface area contributed by atoms with Crippen LogP contribution in [0.5, 0.6) is 17.2 Å². The predicted octanol–water partition coefficient (Wildman–Crippen LogP) is 2.98. The molecule has 128 valence electrons. The van der Waals surface area contributed by atoms with Gasteiger partial charge in [0.1, 0.15) is 0 Å². The Morgan fingerprint density at radius 1 is 0.840 bits per heavy atom. The Morgan fingerprint density at radius 3 is 1.80 bits per heavy atom. The Bertz CT molecular complexity index is 812. The van der Waals surface area contributed by atoms with Crippen LogP contribution in [-0.2, 0) is 0 Å². The van der Waals surface area contributed by atoms with Gasteiger partial charge in [0, 0.05) is 6.20 Å². The summed E-state index contributed by atoms with van der Waals surface area (Å²) in [7, 11) is 4.57. The summed E-state index contributed by atoms with van der Waals surface area (Å²) >= 11 is 0. The number of benzene rings is 2. The van der Waals surface area contributed by atoms with Crippen LogP contribution in [0.4, 0.5) is 0 Å². The summed E-state index contributed by atoms with van der Waals surface area (Å²) in [6.07, 6.45) is 3.09. The zero-order valence-corrected chi connectivity index (χ0v) is 14.1. The first-order chi connectivity index (χ1) is 12.1. The van der Waals surface area contributed by atoms with Crippen molar-refractivity contribution in [3.8, 4) is 17.2 Å². The summed E-state index contributed by atoms with van der Waals surface area (Å²) in [5.74, 6) is 0.768. The Kier molecular flexibility index (Phi) is 4.43. The standard InChI is InChI=1S/C19H17NO5/c1-23-15-10-12(11-16(24-2)17(15)25-3)8-9-20-18(21)13-6-4-5-7-14(13)19(20)22/h4-11H,1-3H3/b9-8+. The van der Waals surface area contributed by atoms with E-state index in [1.807, 2.05) is 0 Å². The van der Waals surface area contributed by atoms with E-state index in [4.69, 9.17) is 14.2 Å². The molecule has 0 unspecified atom stereocenters. The Labute approximate surface area is 145 Å². The Hall–Kier alpha value is -3.28. The first kappa shape index (κ1) is 16.6. The number of ether oxygens (including phenoxy) is 3. The van der Waals surface area contributed by atoms with Gasteiger partial charge in [-0.05, 0) is 35.9 Å². The SMILES string of the molecule is COc1cc(/C=C/N2C(=O)c3ccccc3C2=O)cc(OC)c1OC. The van der Waals surface area contributed by atoms with Crippen LogP contribution in [0.25, 0.3) is 6.08 Å². The van der Waals surface area contributed by atoms with Gasteiger partial charge in [-0.15, -0.1) is 0 Å². The van der Waals surface area contributed by atoms with Crippen LogP contribution in [0.3, 0.4) is 0 Å². The topological polar surface area (TPSA) is 65.1 Å². The molecule has 0 bridgehead atoms. The summed E-state index contributed by atoms with van der Waals surface area (Å²) in [4.78, 5) is 25.8. The van der Waals surface area contributed by atoms with Gasteiger partial charge in [0.25, 0.3) is 11.8 Å². The van der Waals surface area contributed by atoms with E-state index in [0.717, 1.165) is 4.90 Å². The molecular formula is C19H17NO5. The molecule has 0 fully saturated rings. The predicted molar refractivity (Wildman–Crippen MR) is 92.1 cm³/mol. The van der Waals surface area contributed by atoms with Gasteiger partial charge < -0.3 is 14.2 Å². The van der Waals surface area contributed by atoms with E-state index in [9.17, 15) is 9.59 Å². The third-order valence-electron chi connectivity index (χ3n) is 3.93. The molecule has 0 saturated carbocycles. The number of amides is 2. The molecule has 0 atom stereocenters. The number of carbonyl (C=O) groups excluding carboxylic acids is 2. The van der Waals surface area contributed by atoms with Crippen LogP contribution in [0.1, 0.15) is 26.3 Å². The molecule has 0 aromatic heterocycles. The summed E-state index contributed by atoms with van der Waals surface area (Å²) < 4.78 is 15.9. The average Bonchev–Trinajstić information content (AvgIpc) is 2.89. The molecule has 0 aliphatic carbocycles. The minimum atomic E-state index is -0.343. The van der Waals surface area contributed by atoms with E-state index in [0.29, 0.717) is 33.9 Å². The maximum atomic E-state index is 12.4. The van der Waals surface area contributed by atoms with E-state index in [2.05, 4.69) is 0 Å². The summed E-state index contributed by atoms with van der Waals surface area (Å²) in [5, 5.41) is 0. The van der Waals surface area contributed by atoms with E-state index in [1.165, 1.54) is 27.5 Å². The zero-order valence-electron chi connectivity index (χ0n) is 14.1. The largest absolute Gasteiger partial charge is 0.493 e. The van der Waals surface area contributed by atoms with Crippen LogP contribution in [0.15, 0.2) is 42.6 Å². The number of carbonyl (C=O) groups is 2. The molecular weight excluding hydrogens is 322 g/mol. The van der Waals surface area contributed by atoms with Gasteiger partial charge in [-0.2, -0.15) is 0 Å². The van der Waals surface area contributed by atoms with Crippen LogP contribution < -0.4 is 14.2 Å². The molecule has 1 aliphatic rings. The van der Waals surface area contributed by atoms with E-state index in [1.54, 1.807) is 42.5 Å². The van der Waals surface area contributed by atoms with Crippen molar-refractivity contribution in [2.45, 2.75) is 0 Å². The highest BCUT2D eigenvalue weighted by atomic mass is 16.5. The number of imide groups is 1. The monoisotopic (exact) mass is 339 g/mol. The second kappa shape index (κ2) is 6.68. The van der Waals surface area contributed by atoms with Gasteiger partial charge in [-0.3, -0.25) is 9.59 Å². The van der Waals surface area contributed by atoms with Gasteiger partial charge >= 0.3 is 0 Å². The molecule has 1 heterocycles. The normalized spacial score (nSPS) is 13.3. The average molecular weight is 339 g/mol.